The Hall–Kier alpha value is -2.44. The Morgan fingerprint density at radius 1 is 1.14 bits per heavy atom. The lowest BCUT2D eigenvalue weighted by molar-refractivity contribution is -0.0634. The normalized spacial score (nSPS) is 17.9. The van der Waals surface area contributed by atoms with Gasteiger partial charge in [0.25, 0.3) is 0 Å². The molecule has 0 bridgehead atoms. The summed E-state index contributed by atoms with van der Waals surface area (Å²) < 4.78 is 0. The minimum atomic E-state index is -0.339. The molecule has 2 amide bonds. The van der Waals surface area contributed by atoms with E-state index in [-0.39, 0.29) is 11.6 Å². The van der Waals surface area contributed by atoms with Gasteiger partial charge >= 0.3 is 6.03 Å². The molecular formula is C22H25N3O2S. The molecule has 2 heterocycles. The van der Waals surface area contributed by atoms with Crippen LogP contribution in [-0.2, 0) is 4.84 Å². The van der Waals surface area contributed by atoms with Gasteiger partial charge in [0.15, 0.2) is 0 Å². The van der Waals surface area contributed by atoms with E-state index >= 15 is 0 Å². The number of likely N-dealkylation sites (tertiary alicyclic amines) is 1. The number of piperidine rings is 1. The Morgan fingerprint density at radius 3 is 2.57 bits per heavy atom. The fourth-order valence-electron chi connectivity index (χ4n) is 3.63. The number of aryl methyl sites for hydroxylation is 1. The zero-order chi connectivity index (χ0) is 19.6. The lowest BCUT2D eigenvalue weighted by atomic mass is 9.90. The number of para-hydroxylation sites is 1. The number of rotatable bonds is 3. The lowest BCUT2D eigenvalue weighted by Crippen LogP contribution is -2.48. The van der Waals surface area contributed by atoms with Crippen molar-refractivity contribution in [3.05, 3.63) is 65.7 Å². The van der Waals surface area contributed by atoms with Crippen LogP contribution in [0, 0.1) is 6.92 Å². The Kier molecular flexibility index (Phi) is 5.33. The molecule has 146 valence electrons. The van der Waals surface area contributed by atoms with Gasteiger partial charge in [0.05, 0.1) is 11.4 Å². The van der Waals surface area contributed by atoms with Crippen LogP contribution in [0.25, 0.3) is 5.70 Å². The second-order valence-corrected chi connectivity index (χ2v) is 8.16. The van der Waals surface area contributed by atoms with E-state index < -0.39 is 0 Å². The number of hydrogen-bond acceptors (Lipinski definition) is 4. The summed E-state index contributed by atoms with van der Waals surface area (Å²) in [6.07, 6.45) is 5.73. The molecule has 2 aromatic carbocycles. The fraction of sp³-hybridized carbons (Fsp3) is 0.318. The fourth-order valence-corrected chi connectivity index (χ4v) is 4.18. The first kappa shape index (κ1) is 18.9. The molecule has 28 heavy (non-hydrogen) atoms. The monoisotopic (exact) mass is 395 g/mol. The summed E-state index contributed by atoms with van der Waals surface area (Å²) in [4.78, 5) is 21.6. The average molecular weight is 396 g/mol. The number of carbonyl (C=O) groups is 1. The number of urea groups is 1. The average Bonchev–Trinajstić information content (AvgIpc) is 3.13. The van der Waals surface area contributed by atoms with Crippen LogP contribution in [0.3, 0.4) is 0 Å². The van der Waals surface area contributed by atoms with E-state index in [0.717, 1.165) is 34.7 Å². The Labute approximate surface area is 170 Å². The number of hydrogen-bond donors (Lipinski definition) is 2. The number of carbonyl (C=O) groups excluding carboxylic acids is 1. The van der Waals surface area contributed by atoms with Crippen LogP contribution in [0.4, 0.5) is 10.5 Å². The predicted octanol–water partition coefficient (Wildman–Crippen LogP) is 4.66. The summed E-state index contributed by atoms with van der Waals surface area (Å²) in [5.41, 5.74) is 6.98. The Morgan fingerprint density at radius 2 is 1.86 bits per heavy atom. The van der Waals surface area contributed by atoms with Crippen molar-refractivity contribution < 1.29 is 9.63 Å². The third kappa shape index (κ3) is 3.88. The molecule has 5 nitrogen and oxygen atoms in total. The van der Waals surface area contributed by atoms with Gasteiger partial charge < -0.3 is 10.2 Å². The summed E-state index contributed by atoms with van der Waals surface area (Å²) in [5, 5.41) is 3.04. The summed E-state index contributed by atoms with van der Waals surface area (Å²) in [7, 11) is 0. The molecule has 6 heteroatoms. The van der Waals surface area contributed by atoms with Crippen molar-refractivity contribution in [3.63, 3.8) is 0 Å². The van der Waals surface area contributed by atoms with Gasteiger partial charge in [0, 0.05) is 30.8 Å². The van der Waals surface area contributed by atoms with Crippen LogP contribution in [0.15, 0.2) is 59.5 Å². The van der Waals surface area contributed by atoms with Crippen molar-refractivity contribution >= 4 is 29.2 Å². The van der Waals surface area contributed by atoms with Crippen LogP contribution in [0.2, 0.25) is 0 Å². The van der Waals surface area contributed by atoms with E-state index in [9.17, 15) is 4.79 Å². The summed E-state index contributed by atoms with van der Waals surface area (Å²) in [6, 6.07) is 16.2. The quantitative estimate of drug-likeness (QED) is 0.742. The summed E-state index contributed by atoms with van der Waals surface area (Å²) in [5.74, 6) is 0. The van der Waals surface area contributed by atoms with Gasteiger partial charge in [-0.3, -0.25) is 10.3 Å². The van der Waals surface area contributed by atoms with Crippen LogP contribution in [0.1, 0.15) is 24.0 Å². The molecule has 0 atom stereocenters. The second-order valence-electron chi connectivity index (χ2n) is 7.31. The largest absolute Gasteiger partial charge is 0.324 e. The number of nitrogens with zero attached hydrogens (tertiary/aromatic N) is 1. The van der Waals surface area contributed by atoms with E-state index in [2.05, 4.69) is 48.1 Å². The van der Waals surface area contributed by atoms with Crippen molar-refractivity contribution in [1.29, 1.82) is 0 Å². The highest BCUT2D eigenvalue weighted by Crippen LogP contribution is 2.35. The molecule has 2 aliphatic rings. The minimum Gasteiger partial charge on any atom is -0.324 e. The van der Waals surface area contributed by atoms with Crippen molar-refractivity contribution in [1.82, 2.24) is 10.4 Å². The molecule has 1 saturated heterocycles. The minimum absolute atomic E-state index is 0.0509. The molecule has 2 aromatic rings. The number of anilines is 1. The molecule has 0 saturated carbocycles. The molecule has 0 radical (unpaired) electrons. The highest BCUT2D eigenvalue weighted by atomic mass is 32.2. The molecule has 0 aliphatic carbocycles. The van der Waals surface area contributed by atoms with Gasteiger partial charge in [-0.2, -0.15) is 0 Å². The van der Waals surface area contributed by atoms with Gasteiger partial charge in [0.2, 0.25) is 0 Å². The number of hydroxylamine groups is 1. The number of amides is 2. The molecule has 0 aromatic heterocycles. The molecule has 2 N–H and O–H groups in total. The zero-order valence-corrected chi connectivity index (χ0v) is 17.0. The van der Waals surface area contributed by atoms with Crippen LogP contribution >= 0.6 is 11.8 Å². The van der Waals surface area contributed by atoms with Crippen LogP contribution in [0.5, 0.6) is 0 Å². The standard InChI is InChI=1S/C22H25N3O2S/c1-16-7-9-17(10-8-16)19-15-22(27-24-19)11-13-25(14-12-22)21(26)23-18-5-3-4-6-20(18)28-2/h3-10,15,24H,11-14H2,1-2H3,(H,23,26). The molecule has 4 rings (SSSR count). The zero-order valence-electron chi connectivity index (χ0n) is 16.2. The summed E-state index contributed by atoms with van der Waals surface area (Å²) in [6.45, 7) is 3.40. The molecule has 1 spiro atoms. The first-order valence-electron chi connectivity index (χ1n) is 9.51. The highest BCUT2D eigenvalue weighted by Gasteiger charge is 2.39. The van der Waals surface area contributed by atoms with E-state index in [1.54, 1.807) is 11.8 Å². The van der Waals surface area contributed by atoms with Gasteiger partial charge in [-0.05, 0) is 37.0 Å². The number of benzene rings is 2. The second kappa shape index (κ2) is 7.89. The molecule has 1 fully saturated rings. The smallest absolute Gasteiger partial charge is 0.321 e. The van der Waals surface area contributed by atoms with Crippen LogP contribution < -0.4 is 10.8 Å². The highest BCUT2D eigenvalue weighted by molar-refractivity contribution is 7.98. The third-order valence-electron chi connectivity index (χ3n) is 5.38. The van der Waals surface area contributed by atoms with Crippen molar-refractivity contribution in [2.75, 3.05) is 24.7 Å². The van der Waals surface area contributed by atoms with Gasteiger partial charge in [-0.25, -0.2) is 4.79 Å². The maximum atomic E-state index is 12.7. The van der Waals surface area contributed by atoms with Crippen molar-refractivity contribution in [3.8, 4) is 0 Å². The van der Waals surface area contributed by atoms with Gasteiger partial charge in [-0.1, -0.05) is 42.0 Å². The molecule has 0 unspecified atom stereocenters. The molecular weight excluding hydrogens is 370 g/mol. The van der Waals surface area contributed by atoms with Gasteiger partial charge in [-0.15, -0.1) is 11.8 Å². The van der Waals surface area contributed by atoms with E-state index in [1.807, 2.05) is 35.4 Å². The lowest BCUT2D eigenvalue weighted by Gasteiger charge is -2.36. The third-order valence-corrected chi connectivity index (χ3v) is 6.18. The maximum absolute atomic E-state index is 12.7. The summed E-state index contributed by atoms with van der Waals surface area (Å²) >= 11 is 1.63. The van der Waals surface area contributed by atoms with Crippen molar-refractivity contribution in [2.24, 2.45) is 0 Å². The number of nitrogens with one attached hydrogen (secondary N) is 2. The van der Waals surface area contributed by atoms with E-state index in [0.29, 0.717) is 13.1 Å². The maximum Gasteiger partial charge on any atom is 0.321 e. The van der Waals surface area contributed by atoms with Crippen molar-refractivity contribution in [2.45, 2.75) is 30.3 Å². The predicted molar refractivity (Wildman–Crippen MR) is 114 cm³/mol. The Balaban J connectivity index is 1.39. The topological polar surface area (TPSA) is 53.6 Å². The molecule has 2 aliphatic heterocycles. The first-order chi connectivity index (χ1) is 13.6. The Bertz CT molecular complexity index is 887. The van der Waals surface area contributed by atoms with Gasteiger partial charge in [0.1, 0.15) is 5.60 Å². The van der Waals surface area contributed by atoms with Crippen LogP contribution in [-0.4, -0.2) is 35.9 Å². The van der Waals surface area contributed by atoms with E-state index in [4.69, 9.17) is 4.84 Å². The SMILES string of the molecule is CSc1ccccc1NC(=O)N1CCC2(C=C(c3ccc(C)cc3)NO2)CC1. The first-order valence-corrected chi connectivity index (χ1v) is 10.7. The number of thioether (sulfide) groups is 1. The van der Waals surface area contributed by atoms with E-state index in [1.165, 1.54) is 5.56 Å².